The molecule has 0 aromatic carbocycles. The van der Waals surface area contributed by atoms with E-state index in [1.807, 2.05) is 0 Å². The van der Waals surface area contributed by atoms with Crippen LogP contribution in [0, 0.1) is 11.8 Å². The van der Waals surface area contributed by atoms with Gasteiger partial charge in [-0.25, -0.2) is 0 Å². The van der Waals surface area contributed by atoms with Gasteiger partial charge in [-0.3, -0.25) is 0 Å². The van der Waals surface area contributed by atoms with Gasteiger partial charge in [0.1, 0.15) is 0 Å². The number of hydrogen-bond donors (Lipinski definition) is 2. The maximum Gasteiger partial charge on any atom is 0.0597 e. The van der Waals surface area contributed by atoms with Gasteiger partial charge in [-0.05, 0) is 37.5 Å². The van der Waals surface area contributed by atoms with Crippen molar-refractivity contribution in [2.75, 3.05) is 26.2 Å². The molecule has 3 nitrogen and oxygen atoms in total. The van der Waals surface area contributed by atoms with E-state index in [9.17, 15) is 5.11 Å². The van der Waals surface area contributed by atoms with Gasteiger partial charge in [0, 0.05) is 31.7 Å². The molecular weight excluding hydrogens is 212 g/mol. The lowest BCUT2D eigenvalue weighted by molar-refractivity contribution is 0.167. The quantitative estimate of drug-likeness (QED) is 0.640. The van der Waals surface area contributed by atoms with Gasteiger partial charge < -0.3 is 15.3 Å². The maximum atomic E-state index is 9.43. The van der Waals surface area contributed by atoms with Gasteiger partial charge in [0.25, 0.3) is 0 Å². The molecule has 2 aliphatic rings. The highest BCUT2D eigenvalue weighted by Crippen LogP contribution is 2.33. The molecule has 0 amide bonds. The Kier molecular flexibility index (Phi) is 4.83. The first-order valence-corrected chi connectivity index (χ1v) is 7.26. The molecule has 17 heavy (non-hydrogen) atoms. The van der Waals surface area contributed by atoms with Crippen molar-refractivity contribution in [2.24, 2.45) is 11.8 Å². The van der Waals surface area contributed by atoms with Gasteiger partial charge in [-0.1, -0.05) is 13.8 Å². The fraction of sp³-hybridized carbons (Fsp3) is 1.00. The van der Waals surface area contributed by atoms with Gasteiger partial charge in [0.15, 0.2) is 0 Å². The third-order valence-corrected chi connectivity index (χ3v) is 3.69. The van der Waals surface area contributed by atoms with Crippen LogP contribution in [-0.4, -0.2) is 48.3 Å². The summed E-state index contributed by atoms with van der Waals surface area (Å²) in [5.41, 5.74) is 0. The first kappa shape index (κ1) is 13.3. The molecule has 0 radical (unpaired) electrons. The molecule has 100 valence electrons. The highest BCUT2D eigenvalue weighted by atomic mass is 16.3. The summed E-state index contributed by atoms with van der Waals surface area (Å²) in [5.74, 6) is 1.90. The predicted octanol–water partition coefficient (Wildman–Crippen LogP) is 1.47. The van der Waals surface area contributed by atoms with Gasteiger partial charge in [0.05, 0.1) is 6.61 Å². The zero-order chi connectivity index (χ0) is 12.3. The molecule has 1 atom stereocenters. The number of nitrogens with one attached hydrogen (secondary N) is 1. The van der Waals surface area contributed by atoms with Crippen molar-refractivity contribution in [3.05, 3.63) is 0 Å². The third kappa shape index (κ3) is 5.36. The van der Waals surface area contributed by atoms with Crippen molar-refractivity contribution >= 4 is 0 Å². The Bertz CT molecular complexity index is 210. The Morgan fingerprint density at radius 2 is 1.65 bits per heavy atom. The lowest BCUT2D eigenvalue weighted by Crippen LogP contribution is -2.47. The molecule has 0 heterocycles. The molecule has 0 aromatic heterocycles. The average molecular weight is 240 g/mol. The van der Waals surface area contributed by atoms with Crippen LogP contribution in [0.1, 0.15) is 39.5 Å². The summed E-state index contributed by atoms with van der Waals surface area (Å²) in [6.45, 7) is 8.08. The van der Waals surface area contributed by atoms with E-state index in [1.54, 1.807) is 0 Å². The van der Waals surface area contributed by atoms with Crippen LogP contribution in [0.2, 0.25) is 0 Å². The van der Waals surface area contributed by atoms with E-state index in [2.05, 4.69) is 24.1 Å². The van der Waals surface area contributed by atoms with E-state index < -0.39 is 0 Å². The number of nitrogens with zero attached hydrogens (tertiary/aromatic N) is 1. The van der Waals surface area contributed by atoms with Crippen molar-refractivity contribution in [1.29, 1.82) is 0 Å². The third-order valence-electron chi connectivity index (χ3n) is 3.69. The Labute approximate surface area is 106 Å². The summed E-state index contributed by atoms with van der Waals surface area (Å²) in [4.78, 5) is 2.59. The summed E-state index contributed by atoms with van der Waals surface area (Å²) < 4.78 is 0. The Balaban J connectivity index is 1.75. The highest BCUT2D eigenvalue weighted by molar-refractivity contribution is 4.84. The van der Waals surface area contributed by atoms with Crippen molar-refractivity contribution in [1.82, 2.24) is 10.2 Å². The van der Waals surface area contributed by atoms with Crippen LogP contribution in [0.3, 0.4) is 0 Å². The first-order chi connectivity index (χ1) is 8.17. The summed E-state index contributed by atoms with van der Waals surface area (Å²) in [6.07, 6.45) is 5.68. The monoisotopic (exact) mass is 240 g/mol. The van der Waals surface area contributed by atoms with Crippen LogP contribution in [0.25, 0.3) is 0 Å². The summed E-state index contributed by atoms with van der Waals surface area (Å²) >= 11 is 0. The van der Waals surface area contributed by atoms with Crippen molar-refractivity contribution in [3.63, 3.8) is 0 Å². The van der Waals surface area contributed by atoms with Gasteiger partial charge >= 0.3 is 0 Å². The summed E-state index contributed by atoms with van der Waals surface area (Å²) in [5, 5.41) is 12.9. The van der Waals surface area contributed by atoms with Gasteiger partial charge in [-0.15, -0.1) is 0 Å². The number of rotatable bonds is 9. The molecule has 3 heteroatoms. The van der Waals surface area contributed by atoms with Crippen LogP contribution in [0.5, 0.6) is 0 Å². The second kappa shape index (κ2) is 6.17. The minimum atomic E-state index is 0.243. The molecule has 2 fully saturated rings. The minimum Gasteiger partial charge on any atom is -0.395 e. The average Bonchev–Trinajstić information content (AvgIpc) is 3.11. The molecule has 0 aromatic rings. The molecule has 1 unspecified atom stereocenters. The second-order valence-corrected chi connectivity index (χ2v) is 6.31. The molecule has 0 aliphatic heterocycles. The maximum absolute atomic E-state index is 9.43. The fourth-order valence-electron chi connectivity index (χ4n) is 2.50. The van der Waals surface area contributed by atoms with Crippen LogP contribution >= 0.6 is 0 Å². The van der Waals surface area contributed by atoms with Gasteiger partial charge in [0.2, 0.25) is 0 Å². The molecule has 2 saturated carbocycles. The molecule has 0 spiro atoms. The van der Waals surface area contributed by atoms with Crippen molar-refractivity contribution < 1.29 is 5.11 Å². The molecule has 0 bridgehead atoms. The summed E-state index contributed by atoms with van der Waals surface area (Å²) in [7, 11) is 0. The molecular formula is C14H28N2O. The van der Waals surface area contributed by atoms with Crippen LogP contribution in [0.4, 0.5) is 0 Å². The molecule has 0 saturated heterocycles. The molecule has 2 N–H and O–H groups in total. The van der Waals surface area contributed by atoms with Crippen molar-refractivity contribution in [2.45, 2.75) is 51.6 Å². The molecule has 2 aliphatic carbocycles. The number of aliphatic hydroxyl groups excluding tert-OH is 1. The number of hydrogen-bond acceptors (Lipinski definition) is 3. The predicted molar refractivity (Wildman–Crippen MR) is 71.0 cm³/mol. The lowest BCUT2D eigenvalue weighted by atomic mass is 10.2. The molecule has 2 rings (SSSR count). The Morgan fingerprint density at radius 1 is 1.12 bits per heavy atom. The second-order valence-electron chi connectivity index (χ2n) is 6.31. The standard InChI is InChI=1S/C14H28N2O/c1-11(2)15-14(10-17)9-16(7-12-3-4-12)8-13-5-6-13/h11-15,17H,3-10H2,1-2H3. The Hall–Kier alpha value is -0.120. The van der Waals surface area contributed by atoms with Crippen LogP contribution in [0.15, 0.2) is 0 Å². The van der Waals surface area contributed by atoms with E-state index in [0.717, 1.165) is 18.4 Å². The van der Waals surface area contributed by atoms with Gasteiger partial charge in [-0.2, -0.15) is 0 Å². The largest absolute Gasteiger partial charge is 0.395 e. The lowest BCUT2D eigenvalue weighted by Gasteiger charge is -2.28. The Morgan fingerprint density at radius 3 is 2.00 bits per heavy atom. The first-order valence-electron chi connectivity index (χ1n) is 7.26. The van der Waals surface area contributed by atoms with Crippen LogP contribution < -0.4 is 5.32 Å². The number of aliphatic hydroxyl groups is 1. The summed E-state index contributed by atoms with van der Waals surface area (Å²) in [6, 6.07) is 0.698. The van der Waals surface area contributed by atoms with Crippen LogP contribution in [-0.2, 0) is 0 Å². The van der Waals surface area contributed by atoms with E-state index >= 15 is 0 Å². The SMILES string of the molecule is CC(C)NC(CO)CN(CC1CC1)CC1CC1. The van der Waals surface area contributed by atoms with E-state index in [-0.39, 0.29) is 12.6 Å². The van der Waals surface area contributed by atoms with E-state index in [0.29, 0.717) is 6.04 Å². The smallest absolute Gasteiger partial charge is 0.0597 e. The van der Waals surface area contributed by atoms with E-state index in [4.69, 9.17) is 0 Å². The van der Waals surface area contributed by atoms with Crippen molar-refractivity contribution in [3.8, 4) is 0 Å². The minimum absolute atomic E-state index is 0.243. The highest BCUT2D eigenvalue weighted by Gasteiger charge is 2.30. The normalized spacial score (nSPS) is 22.4. The van der Waals surface area contributed by atoms with E-state index in [1.165, 1.54) is 38.8 Å². The fourth-order valence-corrected chi connectivity index (χ4v) is 2.50. The zero-order valence-corrected chi connectivity index (χ0v) is 11.4. The topological polar surface area (TPSA) is 35.5 Å². The zero-order valence-electron chi connectivity index (χ0n) is 11.4.